The van der Waals surface area contributed by atoms with Gasteiger partial charge in [0.05, 0.1) is 35.7 Å². The number of nitrogens with zero attached hydrogens (tertiary/aromatic N) is 2. The van der Waals surface area contributed by atoms with Gasteiger partial charge < -0.3 is 19.9 Å². The largest absolute Gasteiger partial charge is 0.375 e. The Morgan fingerprint density at radius 1 is 1.45 bits per heavy atom. The second-order valence-electron chi connectivity index (χ2n) is 4.84. The maximum absolute atomic E-state index is 12.2. The number of aromatic nitrogens is 2. The summed E-state index contributed by atoms with van der Waals surface area (Å²) in [5.74, 6) is -0.132. The Morgan fingerprint density at radius 3 is 2.95 bits per heavy atom. The number of halogens is 2. The Morgan fingerprint density at radius 2 is 2.23 bits per heavy atom. The third-order valence-corrected chi connectivity index (χ3v) is 3.38. The van der Waals surface area contributed by atoms with Gasteiger partial charge in [-0.15, -0.1) is 24.8 Å². The van der Waals surface area contributed by atoms with Crippen LogP contribution in [0.25, 0.3) is 11.1 Å². The lowest BCUT2D eigenvalue weighted by Gasteiger charge is -2.29. The van der Waals surface area contributed by atoms with E-state index < -0.39 is 0 Å². The summed E-state index contributed by atoms with van der Waals surface area (Å²) in [6.45, 7) is 5.00. The lowest BCUT2D eigenvalue weighted by molar-refractivity contribution is -0.123. The van der Waals surface area contributed by atoms with Crippen LogP contribution >= 0.6 is 24.8 Å². The highest BCUT2D eigenvalue weighted by atomic mass is 35.5. The van der Waals surface area contributed by atoms with E-state index in [9.17, 15) is 4.79 Å². The molecule has 7 nitrogen and oxygen atoms in total. The average Bonchev–Trinajstić information content (AvgIpc) is 2.81. The van der Waals surface area contributed by atoms with E-state index in [4.69, 9.17) is 9.26 Å². The van der Waals surface area contributed by atoms with Gasteiger partial charge in [0.25, 0.3) is 5.71 Å². The van der Waals surface area contributed by atoms with E-state index in [1.807, 2.05) is 13.8 Å². The quantitative estimate of drug-likeness (QED) is 0.858. The van der Waals surface area contributed by atoms with E-state index in [0.29, 0.717) is 24.6 Å². The molecule has 0 bridgehead atoms. The van der Waals surface area contributed by atoms with Crippen LogP contribution in [0.3, 0.4) is 0 Å². The maximum Gasteiger partial charge on any atom is 0.258 e. The summed E-state index contributed by atoms with van der Waals surface area (Å²) in [5, 5.41) is 10.6. The minimum atomic E-state index is -0.358. The summed E-state index contributed by atoms with van der Waals surface area (Å²) in [6.07, 6.45) is 1.40. The topological polar surface area (TPSA) is 89.3 Å². The van der Waals surface area contributed by atoms with E-state index in [1.54, 1.807) is 12.3 Å². The van der Waals surface area contributed by atoms with Crippen LogP contribution in [0, 0.1) is 6.92 Å². The third-order valence-electron chi connectivity index (χ3n) is 3.38. The molecule has 1 amide bonds. The Bertz CT molecular complexity index is 649. The van der Waals surface area contributed by atoms with Gasteiger partial charge in [-0.05, 0) is 19.9 Å². The summed E-state index contributed by atoms with van der Waals surface area (Å²) >= 11 is 0. The first kappa shape index (κ1) is 18.6. The van der Waals surface area contributed by atoms with Gasteiger partial charge in [-0.3, -0.25) is 4.79 Å². The maximum atomic E-state index is 12.2. The molecule has 2 aromatic heterocycles. The third kappa shape index (κ3) is 3.67. The fourth-order valence-electron chi connectivity index (χ4n) is 2.26. The second-order valence-corrected chi connectivity index (χ2v) is 4.84. The van der Waals surface area contributed by atoms with Gasteiger partial charge in [0, 0.05) is 6.54 Å². The molecule has 1 aliphatic rings. The zero-order valence-electron chi connectivity index (χ0n) is 12.2. The molecule has 2 aromatic rings. The molecule has 3 heterocycles. The van der Waals surface area contributed by atoms with Crippen LogP contribution in [-0.2, 0) is 9.53 Å². The van der Waals surface area contributed by atoms with Crippen LogP contribution in [0.15, 0.2) is 16.8 Å². The van der Waals surface area contributed by atoms with Crippen molar-refractivity contribution in [3.05, 3.63) is 18.0 Å². The smallest absolute Gasteiger partial charge is 0.258 e. The Hall–Kier alpha value is -1.41. The number of morpholine rings is 1. The first-order valence-corrected chi connectivity index (χ1v) is 6.53. The number of ether oxygens (including phenoxy) is 1. The summed E-state index contributed by atoms with van der Waals surface area (Å²) in [5.41, 5.74) is 1.83. The molecule has 1 aliphatic heterocycles. The number of hydrogen-bond acceptors (Lipinski definition) is 6. The predicted molar refractivity (Wildman–Crippen MR) is 86.9 cm³/mol. The highest BCUT2D eigenvalue weighted by molar-refractivity contribution is 5.96. The summed E-state index contributed by atoms with van der Waals surface area (Å²) < 4.78 is 10.5. The predicted octanol–water partition coefficient (Wildman–Crippen LogP) is 1.69. The molecule has 0 aliphatic carbocycles. The zero-order valence-corrected chi connectivity index (χ0v) is 13.8. The van der Waals surface area contributed by atoms with Crippen molar-refractivity contribution in [2.45, 2.75) is 26.0 Å². The first-order chi connectivity index (χ1) is 9.65. The fraction of sp³-hybridized carbons (Fsp3) is 0.462. The molecule has 122 valence electrons. The number of amides is 1. The molecule has 1 fully saturated rings. The van der Waals surface area contributed by atoms with Crippen LogP contribution in [0.1, 0.15) is 12.6 Å². The van der Waals surface area contributed by atoms with E-state index in [0.717, 1.165) is 11.1 Å². The van der Waals surface area contributed by atoms with Gasteiger partial charge >= 0.3 is 0 Å². The number of carbonyl (C=O) groups is 1. The van der Waals surface area contributed by atoms with Crippen molar-refractivity contribution >= 4 is 47.5 Å². The minimum Gasteiger partial charge on any atom is -0.375 e. The van der Waals surface area contributed by atoms with Gasteiger partial charge in [-0.2, -0.15) is 0 Å². The number of anilines is 1. The van der Waals surface area contributed by atoms with Crippen molar-refractivity contribution in [2.75, 3.05) is 18.5 Å². The van der Waals surface area contributed by atoms with Crippen LogP contribution < -0.4 is 10.6 Å². The highest BCUT2D eigenvalue weighted by Gasteiger charge is 2.28. The van der Waals surface area contributed by atoms with Crippen LogP contribution in [-0.4, -0.2) is 41.3 Å². The standard InChI is InChI=1S/C13H16N4O3.2ClH/c1-7-10-5-9(6-15-13(10)20-17-7)16-12(18)11-8(2)19-4-3-14-11;;/h5-6,8,11,14H,3-4H2,1-2H3,(H,16,18);2*1H/t8-,11+;;/m1../s1. The Kier molecular flexibility index (Phi) is 6.55. The van der Waals surface area contributed by atoms with Gasteiger partial charge in [-0.1, -0.05) is 5.16 Å². The molecule has 2 N–H and O–H groups in total. The van der Waals surface area contributed by atoms with Crippen LogP contribution in [0.2, 0.25) is 0 Å². The molecule has 2 atom stereocenters. The number of pyridine rings is 1. The molecular weight excluding hydrogens is 331 g/mol. The summed E-state index contributed by atoms with van der Waals surface area (Å²) in [6, 6.07) is 1.45. The molecule has 0 unspecified atom stereocenters. The van der Waals surface area contributed by atoms with Gasteiger partial charge in [0.1, 0.15) is 6.04 Å². The average molecular weight is 349 g/mol. The monoisotopic (exact) mass is 348 g/mol. The molecule has 0 spiro atoms. The van der Waals surface area contributed by atoms with Gasteiger partial charge in [0.2, 0.25) is 5.91 Å². The number of carbonyl (C=O) groups excluding carboxylic acids is 1. The Labute approximate surface area is 140 Å². The van der Waals surface area contributed by atoms with Crippen LogP contribution in [0.5, 0.6) is 0 Å². The number of rotatable bonds is 2. The minimum absolute atomic E-state index is 0. The number of hydrogen-bond donors (Lipinski definition) is 2. The van der Waals surface area contributed by atoms with Crippen molar-refractivity contribution in [3.63, 3.8) is 0 Å². The number of aryl methyl sites for hydroxylation is 1. The van der Waals surface area contributed by atoms with Crippen LogP contribution in [0.4, 0.5) is 5.69 Å². The molecule has 0 saturated carbocycles. The van der Waals surface area contributed by atoms with E-state index in [2.05, 4.69) is 20.8 Å². The Balaban J connectivity index is 0.00000121. The van der Waals surface area contributed by atoms with Crippen molar-refractivity contribution in [3.8, 4) is 0 Å². The highest BCUT2D eigenvalue weighted by Crippen LogP contribution is 2.19. The van der Waals surface area contributed by atoms with E-state index in [1.165, 1.54) is 0 Å². The summed E-state index contributed by atoms with van der Waals surface area (Å²) in [4.78, 5) is 16.3. The molecule has 0 radical (unpaired) electrons. The zero-order chi connectivity index (χ0) is 14.1. The molecule has 9 heteroatoms. The van der Waals surface area contributed by atoms with Gasteiger partial charge in [0.15, 0.2) is 0 Å². The number of nitrogens with one attached hydrogen (secondary N) is 2. The van der Waals surface area contributed by atoms with Crippen molar-refractivity contribution in [1.29, 1.82) is 0 Å². The van der Waals surface area contributed by atoms with E-state index in [-0.39, 0.29) is 42.9 Å². The van der Waals surface area contributed by atoms with Crippen molar-refractivity contribution in [2.24, 2.45) is 0 Å². The first-order valence-electron chi connectivity index (χ1n) is 6.53. The molecule has 1 saturated heterocycles. The van der Waals surface area contributed by atoms with Crippen molar-refractivity contribution in [1.82, 2.24) is 15.5 Å². The molecule has 0 aromatic carbocycles. The van der Waals surface area contributed by atoms with Gasteiger partial charge in [-0.25, -0.2) is 4.98 Å². The molecule has 22 heavy (non-hydrogen) atoms. The lowest BCUT2D eigenvalue weighted by atomic mass is 10.1. The van der Waals surface area contributed by atoms with E-state index >= 15 is 0 Å². The normalized spacial score (nSPS) is 20.8. The molecule has 3 rings (SSSR count). The fourth-order valence-corrected chi connectivity index (χ4v) is 2.26. The molecular formula is C13H18Cl2N4O3. The van der Waals surface area contributed by atoms with Crippen molar-refractivity contribution < 1.29 is 14.1 Å². The second kappa shape index (κ2) is 7.73. The SMILES string of the molecule is Cc1noc2ncc(NC(=O)[C@H]3NCCO[C@@H]3C)cc12.Cl.Cl. The number of fused-ring (bicyclic) bond motifs is 1. The lowest BCUT2D eigenvalue weighted by Crippen LogP contribution is -2.53. The summed E-state index contributed by atoms with van der Waals surface area (Å²) in [7, 11) is 0.